The van der Waals surface area contributed by atoms with Gasteiger partial charge in [0.1, 0.15) is 11.6 Å². The van der Waals surface area contributed by atoms with Crippen molar-refractivity contribution in [3.05, 3.63) is 96.8 Å². The van der Waals surface area contributed by atoms with E-state index in [0.29, 0.717) is 34.2 Å². The number of likely N-dealkylation sites (N-methyl/N-ethyl adjacent to an activating group) is 1. The Morgan fingerprint density at radius 2 is 1.74 bits per heavy atom. The van der Waals surface area contributed by atoms with Crippen molar-refractivity contribution in [1.29, 1.82) is 0 Å². The first-order valence-corrected chi connectivity index (χ1v) is 13.8. The van der Waals surface area contributed by atoms with Crippen molar-refractivity contribution in [3.63, 3.8) is 0 Å². The van der Waals surface area contributed by atoms with Crippen molar-refractivity contribution >= 4 is 45.6 Å². The molecule has 3 N–H and O–H groups in total. The summed E-state index contributed by atoms with van der Waals surface area (Å²) in [6, 6.07) is 22.0. The number of allylic oxidation sites excluding steroid dienone is 1. The Hall–Kier alpha value is -5.09. The fraction of sp³-hybridized carbons (Fsp3) is 0.188. The largest absolute Gasteiger partial charge is 0.369 e. The molecule has 0 atom stereocenters. The van der Waals surface area contributed by atoms with Gasteiger partial charge in [0, 0.05) is 55.2 Å². The second-order valence-corrected chi connectivity index (χ2v) is 10.3. The van der Waals surface area contributed by atoms with Crippen LogP contribution in [-0.4, -0.2) is 64.1 Å². The first-order chi connectivity index (χ1) is 20.4. The van der Waals surface area contributed by atoms with Crippen LogP contribution in [0.4, 0.5) is 33.2 Å². The molecule has 1 aliphatic heterocycles. The van der Waals surface area contributed by atoms with E-state index in [9.17, 15) is 9.18 Å². The number of nitrogens with one attached hydrogen (secondary N) is 3. The van der Waals surface area contributed by atoms with Gasteiger partial charge in [0.05, 0.1) is 11.1 Å². The molecule has 1 aliphatic rings. The predicted molar refractivity (Wildman–Crippen MR) is 165 cm³/mol. The zero-order valence-corrected chi connectivity index (χ0v) is 23.3. The maximum atomic E-state index is 13.9. The molecular formula is C32H31FN8O. The lowest BCUT2D eigenvalue weighted by Gasteiger charge is -2.34. The number of carbonyl (C=O) groups excluding carboxylic acids is 1. The van der Waals surface area contributed by atoms with Gasteiger partial charge in [-0.05, 0) is 61.2 Å². The molecule has 0 unspecified atom stereocenters. The van der Waals surface area contributed by atoms with E-state index < -0.39 is 0 Å². The van der Waals surface area contributed by atoms with Crippen LogP contribution in [0.25, 0.3) is 22.3 Å². The molecule has 9 nitrogen and oxygen atoms in total. The molecule has 212 valence electrons. The first kappa shape index (κ1) is 27.1. The van der Waals surface area contributed by atoms with Crippen LogP contribution >= 0.6 is 0 Å². The quantitative estimate of drug-likeness (QED) is 0.197. The third-order valence-corrected chi connectivity index (χ3v) is 7.28. The van der Waals surface area contributed by atoms with Gasteiger partial charge >= 0.3 is 0 Å². The van der Waals surface area contributed by atoms with E-state index in [2.05, 4.69) is 56.4 Å². The fourth-order valence-electron chi connectivity index (χ4n) is 5.07. The molecule has 10 heteroatoms. The summed E-state index contributed by atoms with van der Waals surface area (Å²) in [6.07, 6.45) is 1.56. The van der Waals surface area contributed by atoms with Crippen LogP contribution in [0.3, 0.4) is 0 Å². The Morgan fingerprint density at radius 3 is 2.52 bits per heavy atom. The molecular weight excluding hydrogens is 531 g/mol. The molecule has 0 amide bonds. The molecule has 1 saturated heterocycles. The number of nitrogens with zero attached hydrogens (tertiary/aromatic N) is 5. The van der Waals surface area contributed by atoms with Crippen LogP contribution in [0.1, 0.15) is 5.56 Å². The van der Waals surface area contributed by atoms with Crippen molar-refractivity contribution in [2.45, 2.75) is 6.42 Å². The standard InChI is InChI=1S/C32H31FN8O/c1-3-27(42)18-21-7-4-8-22(17-21)29-28-30(34-24-10-5-9-23(33)19-24)38-39-31(28)37-32(36-29)35-25-11-6-12-26(20-25)41-15-13-40(2)14-16-41/h3-12,17,19-20H,1,13-16,18H2,2H3,(H3,34,35,36,37,38,39). The number of piperazine rings is 1. The number of rotatable bonds is 9. The summed E-state index contributed by atoms with van der Waals surface area (Å²) < 4.78 is 13.9. The molecule has 5 aromatic rings. The summed E-state index contributed by atoms with van der Waals surface area (Å²) >= 11 is 0. The summed E-state index contributed by atoms with van der Waals surface area (Å²) in [4.78, 5) is 26.4. The molecule has 0 spiro atoms. The smallest absolute Gasteiger partial charge is 0.229 e. The van der Waals surface area contributed by atoms with Crippen molar-refractivity contribution in [2.75, 3.05) is 48.8 Å². The number of fused-ring (bicyclic) bond motifs is 1. The molecule has 6 rings (SSSR count). The van der Waals surface area contributed by atoms with Crippen molar-refractivity contribution < 1.29 is 9.18 Å². The first-order valence-electron chi connectivity index (χ1n) is 13.8. The molecule has 2 aromatic heterocycles. The summed E-state index contributed by atoms with van der Waals surface area (Å²) in [5.41, 5.74) is 5.21. The minimum Gasteiger partial charge on any atom is -0.369 e. The van der Waals surface area contributed by atoms with E-state index in [1.807, 2.05) is 36.4 Å². The number of aromatic amines is 1. The van der Waals surface area contributed by atoms with E-state index in [1.165, 1.54) is 18.2 Å². The predicted octanol–water partition coefficient (Wildman–Crippen LogP) is 5.70. The third kappa shape index (κ3) is 5.98. The molecule has 1 fully saturated rings. The average molecular weight is 563 g/mol. The van der Waals surface area contributed by atoms with Gasteiger partial charge in [0.15, 0.2) is 11.4 Å². The van der Waals surface area contributed by atoms with Gasteiger partial charge in [-0.3, -0.25) is 9.89 Å². The minimum atomic E-state index is -0.356. The average Bonchev–Trinajstić information content (AvgIpc) is 3.39. The van der Waals surface area contributed by atoms with E-state index >= 15 is 0 Å². The summed E-state index contributed by atoms with van der Waals surface area (Å²) in [6.45, 7) is 7.55. The SMILES string of the molecule is C=CC(=O)Cc1cccc(-c2nc(Nc3cccc(N4CCN(C)CC4)c3)nc3n[nH]c(Nc4cccc(F)c4)c23)c1. The summed E-state index contributed by atoms with van der Waals surface area (Å²) in [7, 11) is 2.14. The lowest BCUT2D eigenvalue weighted by atomic mass is 10.0. The van der Waals surface area contributed by atoms with Crippen LogP contribution in [-0.2, 0) is 11.2 Å². The summed E-state index contributed by atoms with van der Waals surface area (Å²) in [5, 5.41) is 14.7. The monoisotopic (exact) mass is 562 g/mol. The van der Waals surface area contributed by atoms with Gasteiger partial charge in [-0.1, -0.05) is 36.9 Å². The van der Waals surface area contributed by atoms with Crippen molar-refractivity contribution in [2.24, 2.45) is 0 Å². The van der Waals surface area contributed by atoms with Crippen LogP contribution in [0.15, 0.2) is 85.5 Å². The Labute approximate surface area is 243 Å². The number of aromatic nitrogens is 4. The minimum absolute atomic E-state index is 0.0701. The second-order valence-electron chi connectivity index (χ2n) is 10.3. The highest BCUT2D eigenvalue weighted by atomic mass is 19.1. The highest BCUT2D eigenvalue weighted by Crippen LogP contribution is 2.34. The van der Waals surface area contributed by atoms with Gasteiger partial charge in [0.2, 0.25) is 5.95 Å². The van der Waals surface area contributed by atoms with Crippen LogP contribution in [0.2, 0.25) is 0 Å². The van der Waals surface area contributed by atoms with Crippen LogP contribution < -0.4 is 15.5 Å². The lowest BCUT2D eigenvalue weighted by molar-refractivity contribution is -0.114. The van der Waals surface area contributed by atoms with Crippen LogP contribution in [0, 0.1) is 5.82 Å². The van der Waals surface area contributed by atoms with Crippen molar-refractivity contribution in [1.82, 2.24) is 25.1 Å². The maximum Gasteiger partial charge on any atom is 0.229 e. The van der Waals surface area contributed by atoms with Gasteiger partial charge < -0.3 is 20.4 Å². The molecule has 3 aromatic carbocycles. The van der Waals surface area contributed by atoms with E-state index in [4.69, 9.17) is 9.97 Å². The number of ketones is 1. The number of H-pyrrole nitrogens is 1. The summed E-state index contributed by atoms with van der Waals surface area (Å²) in [5.74, 6) is 0.482. The molecule has 0 saturated carbocycles. The lowest BCUT2D eigenvalue weighted by Crippen LogP contribution is -2.44. The number of benzene rings is 3. The Kier molecular flexibility index (Phi) is 7.61. The zero-order valence-electron chi connectivity index (χ0n) is 23.3. The fourth-order valence-corrected chi connectivity index (χ4v) is 5.07. The van der Waals surface area contributed by atoms with Gasteiger partial charge in [-0.15, -0.1) is 0 Å². The Balaban J connectivity index is 1.39. The number of hydrogen-bond acceptors (Lipinski definition) is 8. The van der Waals surface area contributed by atoms with E-state index in [1.54, 1.807) is 12.1 Å². The number of carbonyl (C=O) groups is 1. The van der Waals surface area contributed by atoms with Crippen molar-refractivity contribution in [3.8, 4) is 11.3 Å². The number of halogens is 1. The highest BCUT2D eigenvalue weighted by molar-refractivity contribution is 6.01. The Bertz CT molecular complexity index is 1760. The van der Waals surface area contributed by atoms with Gasteiger partial charge in [0.25, 0.3) is 0 Å². The number of hydrogen-bond donors (Lipinski definition) is 3. The van der Waals surface area contributed by atoms with Crippen LogP contribution in [0.5, 0.6) is 0 Å². The molecule has 3 heterocycles. The molecule has 42 heavy (non-hydrogen) atoms. The number of anilines is 5. The second kappa shape index (κ2) is 11.8. The molecule has 0 aliphatic carbocycles. The van der Waals surface area contributed by atoms with Gasteiger partial charge in [-0.25, -0.2) is 9.37 Å². The van der Waals surface area contributed by atoms with E-state index in [0.717, 1.165) is 48.7 Å². The highest BCUT2D eigenvalue weighted by Gasteiger charge is 2.19. The normalized spacial score (nSPS) is 13.7. The third-order valence-electron chi connectivity index (χ3n) is 7.28. The molecule has 0 bridgehead atoms. The Morgan fingerprint density at radius 1 is 0.976 bits per heavy atom. The molecule has 0 radical (unpaired) electrons. The topological polar surface area (TPSA) is 102 Å². The maximum absolute atomic E-state index is 13.9. The zero-order chi connectivity index (χ0) is 29.1. The van der Waals surface area contributed by atoms with E-state index in [-0.39, 0.29) is 18.0 Å². The van der Waals surface area contributed by atoms with Gasteiger partial charge in [-0.2, -0.15) is 10.1 Å².